The van der Waals surface area contributed by atoms with Crippen LogP contribution in [0.2, 0.25) is 0 Å². The van der Waals surface area contributed by atoms with E-state index in [2.05, 4.69) is 22.4 Å². The second-order valence-corrected chi connectivity index (χ2v) is 5.67. The highest BCUT2D eigenvalue weighted by atomic mass is 16.1. The van der Waals surface area contributed by atoms with E-state index in [9.17, 15) is 4.79 Å². The van der Waals surface area contributed by atoms with Crippen LogP contribution >= 0.6 is 0 Å². The first-order chi connectivity index (χ1) is 11.6. The highest BCUT2D eigenvalue weighted by Crippen LogP contribution is 2.31. The van der Waals surface area contributed by atoms with Crippen molar-refractivity contribution in [2.45, 2.75) is 13.5 Å². The first-order valence-electron chi connectivity index (χ1n) is 7.78. The molecule has 0 aliphatic rings. The van der Waals surface area contributed by atoms with Gasteiger partial charge in [0, 0.05) is 24.5 Å². The van der Waals surface area contributed by atoms with Gasteiger partial charge in [-0.25, -0.2) is 0 Å². The number of nitrogens with zero attached hydrogens (tertiary/aromatic N) is 1. The molecular weight excluding hydrogens is 298 g/mol. The fourth-order valence-corrected chi connectivity index (χ4v) is 2.61. The molecule has 0 atom stereocenters. The Morgan fingerprint density at radius 3 is 2.42 bits per heavy atom. The second-order valence-electron chi connectivity index (χ2n) is 5.67. The van der Waals surface area contributed by atoms with Crippen molar-refractivity contribution < 1.29 is 4.79 Å². The number of rotatable bonds is 5. The molecule has 0 unspecified atom stereocenters. The van der Waals surface area contributed by atoms with Crippen LogP contribution in [0.4, 0.5) is 5.69 Å². The number of amides is 1. The number of carbonyl (C=O) groups excluding carboxylic acids is 1. The molecule has 1 amide bonds. The molecule has 0 aliphatic carbocycles. The third-order valence-electron chi connectivity index (χ3n) is 3.91. The summed E-state index contributed by atoms with van der Waals surface area (Å²) in [6.45, 7) is 2.64. The number of anilines is 1. The van der Waals surface area contributed by atoms with Crippen LogP contribution in [0.25, 0.3) is 11.1 Å². The van der Waals surface area contributed by atoms with Crippen molar-refractivity contribution in [1.82, 2.24) is 4.98 Å². The van der Waals surface area contributed by atoms with Crippen LogP contribution in [0.1, 0.15) is 21.5 Å². The van der Waals surface area contributed by atoms with Crippen molar-refractivity contribution in [3.05, 3.63) is 83.7 Å². The van der Waals surface area contributed by atoms with Gasteiger partial charge in [-0.2, -0.15) is 0 Å². The fourth-order valence-electron chi connectivity index (χ4n) is 2.61. The molecule has 3 aromatic rings. The fraction of sp³-hybridized carbons (Fsp3) is 0.100. The number of para-hydroxylation sites is 1. The largest absolute Gasteiger partial charge is 0.380 e. The van der Waals surface area contributed by atoms with E-state index >= 15 is 0 Å². The monoisotopic (exact) mass is 317 g/mol. The maximum absolute atomic E-state index is 11.8. The zero-order valence-corrected chi connectivity index (χ0v) is 13.5. The average molecular weight is 317 g/mol. The average Bonchev–Trinajstić information content (AvgIpc) is 2.61. The Kier molecular flexibility index (Phi) is 4.57. The minimum Gasteiger partial charge on any atom is -0.380 e. The molecule has 1 heterocycles. The molecule has 0 radical (unpaired) electrons. The molecule has 0 fully saturated rings. The summed E-state index contributed by atoms with van der Waals surface area (Å²) in [5, 5.41) is 3.36. The van der Waals surface area contributed by atoms with Crippen LogP contribution in [-0.4, -0.2) is 10.9 Å². The number of benzene rings is 2. The molecule has 0 aliphatic heterocycles. The topological polar surface area (TPSA) is 68.0 Å². The Labute approximate surface area is 141 Å². The lowest BCUT2D eigenvalue weighted by molar-refractivity contribution is 0.100. The van der Waals surface area contributed by atoms with Gasteiger partial charge in [0.25, 0.3) is 5.91 Å². The maximum Gasteiger partial charge on any atom is 0.250 e. The lowest BCUT2D eigenvalue weighted by Crippen LogP contribution is -2.15. The Bertz CT molecular complexity index is 843. The van der Waals surface area contributed by atoms with Gasteiger partial charge in [-0.05, 0) is 36.2 Å². The van der Waals surface area contributed by atoms with E-state index in [1.165, 1.54) is 5.56 Å². The van der Waals surface area contributed by atoms with Crippen LogP contribution in [0, 0.1) is 6.92 Å². The number of nitrogens with one attached hydrogen (secondary N) is 1. The number of pyridine rings is 1. The molecule has 120 valence electrons. The van der Waals surface area contributed by atoms with E-state index < -0.39 is 5.91 Å². The summed E-state index contributed by atoms with van der Waals surface area (Å²) in [7, 11) is 0. The molecule has 4 heteroatoms. The van der Waals surface area contributed by atoms with E-state index in [-0.39, 0.29) is 0 Å². The van der Waals surface area contributed by atoms with E-state index in [0.29, 0.717) is 12.1 Å². The van der Waals surface area contributed by atoms with Crippen LogP contribution in [0.5, 0.6) is 0 Å². The van der Waals surface area contributed by atoms with Gasteiger partial charge in [0.2, 0.25) is 0 Å². The first kappa shape index (κ1) is 15.7. The maximum atomic E-state index is 11.8. The SMILES string of the molecule is Cc1ccc(-c2cccc(C(N)=O)c2NCc2ccncc2)cc1. The molecule has 3 N–H and O–H groups in total. The standard InChI is InChI=1S/C20H19N3O/c1-14-5-7-16(8-6-14)17-3-2-4-18(20(21)24)19(17)23-13-15-9-11-22-12-10-15/h2-12,23H,13H2,1H3,(H2,21,24). The van der Waals surface area contributed by atoms with Crippen molar-refractivity contribution in [3.8, 4) is 11.1 Å². The van der Waals surface area contributed by atoms with E-state index in [0.717, 1.165) is 22.4 Å². The zero-order valence-electron chi connectivity index (χ0n) is 13.5. The molecular formula is C20H19N3O. The summed E-state index contributed by atoms with van der Waals surface area (Å²) < 4.78 is 0. The lowest BCUT2D eigenvalue weighted by Gasteiger charge is -2.16. The van der Waals surface area contributed by atoms with Crippen LogP contribution < -0.4 is 11.1 Å². The third kappa shape index (κ3) is 3.43. The van der Waals surface area contributed by atoms with Gasteiger partial charge in [-0.15, -0.1) is 0 Å². The van der Waals surface area contributed by atoms with Gasteiger partial charge in [0.15, 0.2) is 0 Å². The van der Waals surface area contributed by atoms with Gasteiger partial charge in [-0.1, -0.05) is 42.0 Å². The molecule has 1 aromatic heterocycles. The predicted octanol–water partition coefficient (Wildman–Crippen LogP) is 3.77. The number of nitrogens with two attached hydrogens (primary N) is 1. The van der Waals surface area contributed by atoms with Gasteiger partial charge in [0.1, 0.15) is 0 Å². The van der Waals surface area contributed by atoms with Gasteiger partial charge >= 0.3 is 0 Å². The lowest BCUT2D eigenvalue weighted by atomic mass is 9.98. The smallest absolute Gasteiger partial charge is 0.250 e. The van der Waals surface area contributed by atoms with Crippen molar-refractivity contribution in [3.63, 3.8) is 0 Å². The predicted molar refractivity (Wildman–Crippen MR) is 96.7 cm³/mol. The second kappa shape index (κ2) is 6.96. The molecule has 0 spiro atoms. The van der Waals surface area contributed by atoms with Crippen molar-refractivity contribution in [2.75, 3.05) is 5.32 Å². The number of primary amides is 1. The van der Waals surface area contributed by atoms with Crippen LogP contribution in [0.15, 0.2) is 67.0 Å². The van der Waals surface area contributed by atoms with Gasteiger partial charge < -0.3 is 11.1 Å². The highest BCUT2D eigenvalue weighted by Gasteiger charge is 2.13. The number of aromatic nitrogens is 1. The van der Waals surface area contributed by atoms with Crippen LogP contribution in [-0.2, 0) is 6.54 Å². The summed E-state index contributed by atoms with van der Waals surface area (Å²) in [6.07, 6.45) is 3.50. The third-order valence-corrected chi connectivity index (χ3v) is 3.91. The summed E-state index contributed by atoms with van der Waals surface area (Å²) in [5.41, 5.74) is 11.1. The molecule has 24 heavy (non-hydrogen) atoms. The number of hydrogen-bond donors (Lipinski definition) is 2. The molecule has 0 saturated heterocycles. The summed E-state index contributed by atoms with van der Waals surface area (Å²) in [6, 6.07) is 17.7. The molecule has 0 bridgehead atoms. The first-order valence-corrected chi connectivity index (χ1v) is 7.78. The van der Waals surface area contributed by atoms with E-state index in [1.54, 1.807) is 18.5 Å². The minimum absolute atomic E-state index is 0.443. The molecule has 2 aromatic carbocycles. The Morgan fingerprint density at radius 1 is 1.04 bits per heavy atom. The zero-order chi connectivity index (χ0) is 16.9. The minimum atomic E-state index is -0.443. The van der Waals surface area contributed by atoms with Gasteiger partial charge in [-0.3, -0.25) is 9.78 Å². The van der Waals surface area contributed by atoms with E-state index in [1.807, 2.05) is 43.3 Å². The summed E-state index contributed by atoms with van der Waals surface area (Å²) in [4.78, 5) is 15.9. The van der Waals surface area contributed by atoms with Crippen molar-refractivity contribution >= 4 is 11.6 Å². The number of hydrogen-bond acceptors (Lipinski definition) is 3. The van der Waals surface area contributed by atoms with E-state index in [4.69, 9.17) is 5.73 Å². The quantitative estimate of drug-likeness (QED) is 0.752. The summed E-state index contributed by atoms with van der Waals surface area (Å²) in [5.74, 6) is -0.443. The Balaban J connectivity index is 2.00. The molecule has 4 nitrogen and oxygen atoms in total. The Hall–Kier alpha value is -3.14. The molecule has 0 saturated carbocycles. The Morgan fingerprint density at radius 2 is 1.75 bits per heavy atom. The van der Waals surface area contributed by atoms with Crippen molar-refractivity contribution in [1.29, 1.82) is 0 Å². The summed E-state index contributed by atoms with van der Waals surface area (Å²) >= 11 is 0. The highest BCUT2D eigenvalue weighted by molar-refractivity contribution is 6.02. The molecule has 3 rings (SSSR count). The number of carbonyl (C=O) groups is 1. The normalized spacial score (nSPS) is 10.4. The van der Waals surface area contributed by atoms with Crippen molar-refractivity contribution in [2.24, 2.45) is 5.73 Å². The van der Waals surface area contributed by atoms with Gasteiger partial charge in [0.05, 0.1) is 11.3 Å². The number of aryl methyl sites for hydroxylation is 1. The van der Waals surface area contributed by atoms with Crippen LogP contribution in [0.3, 0.4) is 0 Å².